The summed E-state index contributed by atoms with van der Waals surface area (Å²) in [5, 5.41) is 0. The van der Waals surface area contributed by atoms with Crippen LogP contribution in [0.5, 0.6) is 0 Å². The first-order chi connectivity index (χ1) is 8.24. The molecule has 0 amide bonds. The first kappa shape index (κ1) is 12.4. The van der Waals surface area contributed by atoms with E-state index in [0.29, 0.717) is 11.8 Å². The molecule has 0 N–H and O–H groups in total. The second kappa shape index (κ2) is 6.05. The quantitative estimate of drug-likeness (QED) is 0.605. The zero-order valence-corrected chi connectivity index (χ0v) is 11.0. The molecule has 0 saturated heterocycles. The summed E-state index contributed by atoms with van der Waals surface area (Å²) in [5.74, 6) is 3.06. The molecule has 0 spiro atoms. The Morgan fingerprint density at radius 1 is 0.706 bits per heavy atom. The Kier molecular flexibility index (Phi) is 4.42. The Balaban J connectivity index is 1.68. The third-order valence-corrected chi connectivity index (χ3v) is 3.81. The molecule has 0 radical (unpaired) electrons. The minimum absolute atomic E-state index is 0.698. The zero-order chi connectivity index (χ0) is 12.1. The van der Waals surface area contributed by atoms with Crippen molar-refractivity contribution in [3.63, 3.8) is 0 Å². The maximum Gasteiger partial charge on any atom is -0.00447 e. The summed E-state index contributed by atoms with van der Waals surface area (Å²) in [6, 6.07) is 0. The summed E-state index contributed by atoms with van der Waals surface area (Å²) in [5.41, 5.74) is 0. The third kappa shape index (κ3) is 4.03. The monoisotopic (exact) mass is 228 g/mol. The standard InChI is InChI=1S/C17H24/c1-14(12-16-7-3-4-8-16)11-15(2)13-17-9-5-6-10-17/h3-10,14-17H,11-13H2,1-2H3. The van der Waals surface area contributed by atoms with Crippen LogP contribution in [0.15, 0.2) is 48.6 Å². The normalized spacial score (nSPS) is 22.7. The van der Waals surface area contributed by atoms with Crippen molar-refractivity contribution in [3.8, 4) is 0 Å². The van der Waals surface area contributed by atoms with Gasteiger partial charge in [-0.15, -0.1) is 0 Å². The molecular formula is C17H24. The molecule has 2 unspecified atom stereocenters. The van der Waals surface area contributed by atoms with Gasteiger partial charge in [0.2, 0.25) is 0 Å². The van der Waals surface area contributed by atoms with Crippen LogP contribution >= 0.6 is 0 Å². The molecule has 2 aliphatic rings. The van der Waals surface area contributed by atoms with Gasteiger partial charge in [-0.2, -0.15) is 0 Å². The maximum atomic E-state index is 2.40. The summed E-state index contributed by atoms with van der Waals surface area (Å²) in [4.78, 5) is 0. The fourth-order valence-corrected chi connectivity index (χ4v) is 3.08. The van der Waals surface area contributed by atoms with Crippen molar-refractivity contribution >= 4 is 0 Å². The molecule has 0 aromatic carbocycles. The Hall–Kier alpha value is -1.04. The summed E-state index contributed by atoms with van der Waals surface area (Å²) in [7, 11) is 0. The molecule has 0 aliphatic heterocycles. The lowest BCUT2D eigenvalue weighted by atomic mass is 9.85. The van der Waals surface area contributed by atoms with E-state index in [9.17, 15) is 0 Å². The van der Waals surface area contributed by atoms with Crippen molar-refractivity contribution < 1.29 is 0 Å². The average molecular weight is 228 g/mol. The Morgan fingerprint density at radius 3 is 1.41 bits per heavy atom. The van der Waals surface area contributed by atoms with E-state index < -0.39 is 0 Å². The van der Waals surface area contributed by atoms with Gasteiger partial charge in [0.15, 0.2) is 0 Å². The van der Waals surface area contributed by atoms with Crippen LogP contribution in [0.1, 0.15) is 33.1 Å². The third-order valence-electron chi connectivity index (χ3n) is 3.81. The summed E-state index contributed by atoms with van der Waals surface area (Å²) >= 11 is 0. The lowest BCUT2D eigenvalue weighted by molar-refractivity contribution is 0.352. The average Bonchev–Trinajstić information content (AvgIpc) is 2.90. The second-order valence-electron chi connectivity index (χ2n) is 5.78. The van der Waals surface area contributed by atoms with Crippen molar-refractivity contribution in [2.24, 2.45) is 23.7 Å². The van der Waals surface area contributed by atoms with Gasteiger partial charge in [-0.25, -0.2) is 0 Å². The largest absolute Gasteiger partial charge is 0.0776 e. The number of hydrogen-bond acceptors (Lipinski definition) is 0. The van der Waals surface area contributed by atoms with Gasteiger partial charge in [0.25, 0.3) is 0 Å². The van der Waals surface area contributed by atoms with E-state index in [1.54, 1.807) is 0 Å². The molecule has 92 valence electrons. The first-order valence-electron chi connectivity index (χ1n) is 6.94. The molecule has 0 saturated carbocycles. The van der Waals surface area contributed by atoms with Crippen molar-refractivity contribution in [2.75, 3.05) is 0 Å². The molecule has 0 nitrogen and oxygen atoms in total. The smallest absolute Gasteiger partial charge is 0.00447 e. The minimum Gasteiger partial charge on any atom is -0.0776 e. The molecule has 2 rings (SSSR count). The van der Waals surface area contributed by atoms with Gasteiger partial charge < -0.3 is 0 Å². The van der Waals surface area contributed by atoms with E-state index in [2.05, 4.69) is 62.5 Å². The van der Waals surface area contributed by atoms with Gasteiger partial charge in [0, 0.05) is 0 Å². The van der Waals surface area contributed by atoms with Crippen LogP contribution in [0.4, 0.5) is 0 Å². The lowest BCUT2D eigenvalue weighted by Gasteiger charge is -2.20. The van der Waals surface area contributed by atoms with Crippen LogP contribution in [0.25, 0.3) is 0 Å². The van der Waals surface area contributed by atoms with Crippen molar-refractivity contribution in [2.45, 2.75) is 33.1 Å². The molecule has 0 bridgehead atoms. The van der Waals surface area contributed by atoms with Crippen LogP contribution in [-0.4, -0.2) is 0 Å². The maximum absolute atomic E-state index is 2.40. The van der Waals surface area contributed by atoms with Crippen LogP contribution in [-0.2, 0) is 0 Å². The number of rotatable bonds is 6. The topological polar surface area (TPSA) is 0 Å². The fraction of sp³-hybridized carbons (Fsp3) is 0.529. The van der Waals surface area contributed by atoms with E-state index in [4.69, 9.17) is 0 Å². The summed E-state index contributed by atoms with van der Waals surface area (Å²) in [6.45, 7) is 4.80. The van der Waals surface area contributed by atoms with Gasteiger partial charge in [0.05, 0.1) is 0 Å². The highest BCUT2D eigenvalue weighted by Crippen LogP contribution is 2.28. The van der Waals surface area contributed by atoms with E-state index in [1.165, 1.54) is 19.3 Å². The van der Waals surface area contributed by atoms with Crippen LogP contribution in [0, 0.1) is 23.7 Å². The van der Waals surface area contributed by atoms with E-state index in [1.807, 2.05) is 0 Å². The Bertz CT molecular complexity index is 285. The molecule has 0 fully saturated rings. The predicted molar refractivity (Wildman–Crippen MR) is 75.7 cm³/mol. The van der Waals surface area contributed by atoms with Crippen molar-refractivity contribution in [3.05, 3.63) is 48.6 Å². The summed E-state index contributed by atoms with van der Waals surface area (Å²) < 4.78 is 0. The summed E-state index contributed by atoms with van der Waals surface area (Å²) in [6.07, 6.45) is 22.0. The van der Waals surface area contributed by atoms with E-state index in [0.717, 1.165) is 11.8 Å². The van der Waals surface area contributed by atoms with Crippen LogP contribution in [0.3, 0.4) is 0 Å². The molecule has 0 aromatic heterocycles. The molecule has 2 atom stereocenters. The first-order valence-corrected chi connectivity index (χ1v) is 6.94. The Labute approximate surface area is 106 Å². The SMILES string of the molecule is CC(CC1C=CC=C1)CC(C)CC1C=CC=C1. The number of hydrogen-bond donors (Lipinski definition) is 0. The molecule has 2 aliphatic carbocycles. The minimum atomic E-state index is 0.698. The molecule has 0 aromatic rings. The fourth-order valence-electron chi connectivity index (χ4n) is 3.08. The van der Waals surface area contributed by atoms with Crippen LogP contribution < -0.4 is 0 Å². The molecule has 0 heterocycles. The highest BCUT2D eigenvalue weighted by Gasteiger charge is 2.15. The van der Waals surface area contributed by atoms with Crippen LogP contribution in [0.2, 0.25) is 0 Å². The molecule has 17 heavy (non-hydrogen) atoms. The van der Waals surface area contributed by atoms with Gasteiger partial charge >= 0.3 is 0 Å². The van der Waals surface area contributed by atoms with Gasteiger partial charge in [-0.1, -0.05) is 62.5 Å². The molecular weight excluding hydrogens is 204 g/mol. The van der Waals surface area contributed by atoms with Gasteiger partial charge in [-0.05, 0) is 42.9 Å². The Morgan fingerprint density at radius 2 is 1.06 bits per heavy atom. The lowest BCUT2D eigenvalue weighted by Crippen LogP contribution is -2.09. The van der Waals surface area contributed by atoms with Crippen molar-refractivity contribution in [1.82, 2.24) is 0 Å². The number of allylic oxidation sites excluding steroid dienone is 8. The predicted octanol–water partition coefficient (Wildman–Crippen LogP) is 4.91. The zero-order valence-electron chi connectivity index (χ0n) is 11.0. The second-order valence-corrected chi connectivity index (χ2v) is 5.78. The highest BCUT2D eigenvalue weighted by molar-refractivity contribution is 5.18. The van der Waals surface area contributed by atoms with E-state index >= 15 is 0 Å². The van der Waals surface area contributed by atoms with E-state index in [-0.39, 0.29) is 0 Å². The van der Waals surface area contributed by atoms with Gasteiger partial charge in [0.1, 0.15) is 0 Å². The molecule has 0 heteroatoms. The highest BCUT2D eigenvalue weighted by atomic mass is 14.2. The van der Waals surface area contributed by atoms with Gasteiger partial charge in [-0.3, -0.25) is 0 Å². The van der Waals surface area contributed by atoms with Crippen molar-refractivity contribution in [1.29, 1.82) is 0 Å².